The molecule has 0 heterocycles. The molecule has 1 aromatic rings. The van der Waals surface area contributed by atoms with Crippen LogP contribution in [0.1, 0.15) is 32.1 Å². The second kappa shape index (κ2) is 9.26. The van der Waals surface area contributed by atoms with Crippen molar-refractivity contribution in [3.63, 3.8) is 0 Å². The van der Waals surface area contributed by atoms with Gasteiger partial charge in [0.15, 0.2) is 0 Å². The SMILES string of the molecule is OCCN(CCSc1cc(Cl)ccc1Cl)C1CCCCC1. The quantitative estimate of drug-likeness (QED) is 0.722. The third-order valence-corrected chi connectivity index (χ3v) is 5.72. The van der Waals surface area contributed by atoms with Gasteiger partial charge >= 0.3 is 0 Å². The number of nitrogens with zero attached hydrogens (tertiary/aromatic N) is 1. The fourth-order valence-corrected chi connectivity index (χ4v) is 4.39. The van der Waals surface area contributed by atoms with Gasteiger partial charge in [-0.3, -0.25) is 4.90 Å². The fourth-order valence-electron chi connectivity index (χ4n) is 2.91. The molecule has 1 saturated carbocycles. The highest BCUT2D eigenvalue weighted by molar-refractivity contribution is 7.99. The average molecular weight is 348 g/mol. The number of halogens is 2. The van der Waals surface area contributed by atoms with Gasteiger partial charge in [0.05, 0.1) is 11.6 Å². The Morgan fingerprint density at radius 3 is 2.62 bits per heavy atom. The van der Waals surface area contributed by atoms with Gasteiger partial charge in [-0.05, 0) is 31.0 Å². The third kappa shape index (κ3) is 5.65. The van der Waals surface area contributed by atoms with Gasteiger partial charge in [-0.15, -0.1) is 11.8 Å². The zero-order chi connectivity index (χ0) is 15.1. The van der Waals surface area contributed by atoms with Gasteiger partial charge < -0.3 is 5.11 Å². The van der Waals surface area contributed by atoms with Gasteiger partial charge in [0, 0.05) is 34.8 Å². The Balaban J connectivity index is 1.85. The van der Waals surface area contributed by atoms with Gasteiger partial charge in [-0.25, -0.2) is 0 Å². The van der Waals surface area contributed by atoms with Crippen LogP contribution in [0.25, 0.3) is 0 Å². The average Bonchev–Trinajstić information content (AvgIpc) is 2.51. The first-order valence-corrected chi connectivity index (χ1v) is 9.37. The molecule has 118 valence electrons. The molecule has 1 fully saturated rings. The van der Waals surface area contributed by atoms with Crippen molar-refractivity contribution >= 4 is 35.0 Å². The Morgan fingerprint density at radius 1 is 1.14 bits per heavy atom. The lowest BCUT2D eigenvalue weighted by Crippen LogP contribution is -2.40. The fraction of sp³-hybridized carbons (Fsp3) is 0.625. The maximum Gasteiger partial charge on any atom is 0.0558 e. The summed E-state index contributed by atoms with van der Waals surface area (Å²) < 4.78 is 0. The number of aliphatic hydroxyl groups is 1. The second-order valence-corrected chi connectivity index (χ2v) is 7.46. The monoisotopic (exact) mass is 347 g/mol. The highest BCUT2D eigenvalue weighted by atomic mass is 35.5. The van der Waals surface area contributed by atoms with Crippen molar-refractivity contribution in [1.29, 1.82) is 0 Å². The molecule has 2 nitrogen and oxygen atoms in total. The lowest BCUT2D eigenvalue weighted by molar-refractivity contribution is 0.131. The summed E-state index contributed by atoms with van der Waals surface area (Å²) in [7, 11) is 0. The third-order valence-electron chi connectivity index (χ3n) is 4.01. The molecule has 0 atom stereocenters. The molecule has 1 N–H and O–H groups in total. The molecule has 0 saturated heterocycles. The smallest absolute Gasteiger partial charge is 0.0558 e. The van der Waals surface area contributed by atoms with Crippen molar-refractivity contribution < 1.29 is 5.11 Å². The Kier molecular flexibility index (Phi) is 7.69. The standard InChI is InChI=1S/C16H23Cl2NOS/c17-13-6-7-15(18)16(12-13)21-11-9-19(8-10-20)14-4-2-1-3-5-14/h6-7,12,14,20H,1-5,8-11H2. The summed E-state index contributed by atoms with van der Waals surface area (Å²) in [5.74, 6) is 0.969. The van der Waals surface area contributed by atoms with E-state index in [9.17, 15) is 5.11 Å². The van der Waals surface area contributed by atoms with Crippen LogP contribution in [-0.2, 0) is 0 Å². The molecule has 21 heavy (non-hydrogen) atoms. The van der Waals surface area contributed by atoms with Crippen LogP contribution in [0, 0.1) is 0 Å². The maximum atomic E-state index is 9.28. The zero-order valence-electron chi connectivity index (χ0n) is 12.2. The van der Waals surface area contributed by atoms with Crippen molar-refractivity contribution in [2.45, 2.75) is 43.0 Å². The van der Waals surface area contributed by atoms with E-state index in [1.165, 1.54) is 32.1 Å². The Labute approximate surface area is 141 Å². The molecule has 1 aliphatic carbocycles. The number of thioether (sulfide) groups is 1. The minimum absolute atomic E-state index is 0.235. The first kappa shape index (κ1) is 17.4. The predicted molar refractivity (Wildman–Crippen MR) is 92.7 cm³/mol. The van der Waals surface area contributed by atoms with Crippen LogP contribution in [0.2, 0.25) is 10.0 Å². The first-order chi connectivity index (χ1) is 10.2. The van der Waals surface area contributed by atoms with E-state index in [4.69, 9.17) is 23.2 Å². The van der Waals surface area contributed by atoms with E-state index in [1.54, 1.807) is 11.8 Å². The van der Waals surface area contributed by atoms with Crippen LogP contribution in [0.5, 0.6) is 0 Å². The molecule has 0 unspecified atom stereocenters. The molecule has 0 bridgehead atoms. The lowest BCUT2D eigenvalue weighted by Gasteiger charge is -2.33. The highest BCUT2D eigenvalue weighted by Gasteiger charge is 2.20. The van der Waals surface area contributed by atoms with Crippen LogP contribution in [0.3, 0.4) is 0 Å². The molecular formula is C16H23Cl2NOS. The van der Waals surface area contributed by atoms with Gasteiger partial charge in [-0.1, -0.05) is 42.5 Å². The van der Waals surface area contributed by atoms with Crippen molar-refractivity contribution in [1.82, 2.24) is 4.90 Å². The summed E-state index contributed by atoms with van der Waals surface area (Å²) in [6.07, 6.45) is 6.53. The van der Waals surface area contributed by atoms with Crippen LogP contribution in [-0.4, -0.2) is 41.5 Å². The Morgan fingerprint density at radius 2 is 1.90 bits per heavy atom. The number of benzene rings is 1. The summed E-state index contributed by atoms with van der Waals surface area (Å²) in [6, 6.07) is 6.22. The lowest BCUT2D eigenvalue weighted by atomic mass is 9.94. The van der Waals surface area contributed by atoms with Gasteiger partial charge in [0.2, 0.25) is 0 Å². The molecule has 2 rings (SSSR count). The van der Waals surface area contributed by atoms with Crippen molar-refractivity contribution in [2.75, 3.05) is 25.4 Å². The molecule has 1 aromatic carbocycles. The summed E-state index contributed by atoms with van der Waals surface area (Å²) in [5, 5.41) is 10.8. The molecule has 0 amide bonds. The van der Waals surface area contributed by atoms with Gasteiger partial charge in [0.25, 0.3) is 0 Å². The predicted octanol–water partition coefficient (Wildman–Crippen LogP) is 4.71. The Hall–Kier alpha value is 0.0700. The molecule has 0 spiro atoms. The van der Waals surface area contributed by atoms with Gasteiger partial charge in [-0.2, -0.15) is 0 Å². The second-order valence-electron chi connectivity index (χ2n) is 5.47. The minimum atomic E-state index is 0.235. The molecule has 5 heteroatoms. The summed E-state index contributed by atoms with van der Waals surface area (Å²) >= 11 is 13.9. The van der Waals surface area contributed by atoms with Crippen molar-refractivity contribution in [3.8, 4) is 0 Å². The number of aliphatic hydroxyl groups excluding tert-OH is 1. The number of hydrogen-bond donors (Lipinski definition) is 1. The molecule has 0 aliphatic heterocycles. The van der Waals surface area contributed by atoms with Crippen LogP contribution < -0.4 is 0 Å². The number of rotatable bonds is 7. The zero-order valence-corrected chi connectivity index (χ0v) is 14.6. The Bertz CT molecular complexity index is 438. The van der Waals surface area contributed by atoms with Crippen LogP contribution in [0.15, 0.2) is 23.1 Å². The van der Waals surface area contributed by atoms with E-state index in [-0.39, 0.29) is 6.61 Å². The summed E-state index contributed by atoms with van der Waals surface area (Å²) in [5.41, 5.74) is 0. The van der Waals surface area contributed by atoms with E-state index >= 15 is 0 Å². The van der Waals surface area contributed by atoms with Crippen molar-refractivity contribution in [3.05, 3.63) is 28.2 Å². The van der Waals surface area contributed by atoms with Gasteiger partial charge in [0.1, 0.15) is 0 Å². The van der Waals surface area contributed by atoms with E-state index in [0.717, 1.165) is 33.8 Å². The molecule has 0 aromatic heterocycles. The molecular weight excluding hydrogens is 325 g/mol. The van der Waals surface area contributed by atoms with Crippen LogP contribution >= 0.6 is 35.0 Å². The maximum absolute atomic E-state index is 9.28. The van der Waals surface area contributed by atoms with E-state index in [1.807, 2.05) is 18.2 Å². The largest absolute Gasteiger partial charge is 0.395 e. The minimum Gasteiger partial charge on any atom is -0.395 e. The van der Waals surface area contributed by atoms with E-state index in [2.05, 4.69) is 4.90 Å². The molecule has 1 aliphatic rings. The number of hydrogen-bond acceptors (Lipinski definition) is 3. The summed E-state index contributed by atoms with van der Waals surface area (Å²) in [4.78, 5) is 3.47. The topological polar surface area (TPSA) is 23.5 Å². The normalized spacial score (nSPS) is 16.6. The first-order valence-electron chi connectivity index (χ1n) is 7.63. The van der Waals surface area contributed by atoms with E-state index in [0.29, 0.717) is 6.04 Å². The van der Waals surface area contributed by atoms with E-state index < -0.39 is 0 Å². The highest BCUT2D eigenvalue weighted by Crippen LogP contribution is 2.30. The summed E-state index contributed by atoms with van der Waals surface area (Å²) in [6.45, 7) is 1.99. The molecule has 0 radical (unpaired) electrons. The van der Waals surface area contributed by atoms with Crippen LogP contribution in [0.4, 0.5) is 0 Å². The van der Waals surface area contributed by atoms with Crippen molar-refractivity contribution in [2.24, 2.45) is 0 Å².